The van der Waals surface area contributed by atoms with E-state index in [9.17, 15) is 13.2 Å². The van der Waals surface area contributed by atoms with E-state index in [4.69, 9.17) is 20.7 Å². The van der Waals surface area contributed by atoms with Crippen LogP contribution in [0.3, 0.4) is 0 Å². The van der Waals surface area contributed by atoms with Crippen molar-refractivity contribution in [1.82, 2.24) is 15.4 Å². The van der Waals surface area contributed by atoms with Crippen molar-refractivity contribution in [2.45, 2.75) is 19.8 Å². The molecule has 142 valence electrons. The number of carbonyl (C=O) groups is 1. The zero-order chi connectivity index (χ0) is 19.6. The van der Waals surface area contributed by atoms with Crippen LogP contribution >= 0.6 is 11.6 Å². The molecule has 2 aromatic heterocycles. The average Bonchev–Trinajstić information content (AvgIpc) is 3.18. The maximum absolute atomic E-state index is 12.5. The number of aromatic amines is 1. The first kappa shape index (κ1) is 19.3. The van der Waals surface area contributed by atoms with Gasteiger partial charge in [-0.3, -0.25) is 14.4 Å². The van der Waals surface area contributed by atoms with Crippen molar-refractivity contribution in [2.24, 2.45) is 0 Å². The molecule has 0 aliphatic rings. The Balaban J connectivity index is 1.88. The lowest BCUT2D eigenvalue weighted by atomic mass is 9.99. The van der Waals surface area contributed by atoms with Gasteiger partial charge in [0.2, 0.25) is 0 Å². The topological polar surface area (TPSA) is 126 Å². The Hall–Kier alpha value is -2.49. The van der Waals surface area contributed by atoms with Gasteiger partial charge >= 0.3 is 0 Å². The van der Waals surface area contributed by atoms with Crippen LogP contribution in [0.2, 0.25) is 5.02 Å². The second-order valence-corrected chi connectivity index (χ2v) is 7.98. The number of ketones is 1. The van der Waals surface area contributed by atoms with Gasteiger partial charge in [0.25, 0.3) is 10.1 Å². The van der Waals surface area contributed by atoms with Gasteiger partial charge in [0.15, 0.2) is 5.78 Å². The highest BCUT2D eigenvalue weighted by Gasteiger charge is 2.22. The fraction of sp³-hybridized carbons (Fsp3) is 0.235. The molecule has 0 fully saturated rings. The molecule has 0 saturated carbocycles. The number of Topliss-reactive ketones (excluding diaryl/α,β-unsaturated/α-hetero) is 1. The summed E-state index contributed by atoms with van der Waals surface area (Å²) in [6.45, 7) is 1.70. The van der Waals surface area contributed by atoms with Gasteiger partial charge in [-0.15, -0.1) is 0 Å². The van der Waals surface area contributed by atoms with Crippen LogP contribution < -0.4 is 0 Å². The molecular weight excluding hydrogens is 394 g/mol. The molecule has 1 aromatic carbocycles. The van der Waals surface area contributed by atoms with Crippen molar-refractivity contribution in [3.05, 3.63) is 58.2 Å². The van der Waals surface area contributed by atoms with E-state index < -0.39 is 15.9 Å². The third kappa shape index (κ3) is 4.62. The van der Waals surface area contributed by atoms with E-state index in [0.29, 0.717) is 38.9 Å². The summed E-state index contributed by atoms with van der Waals surface area (Å²) in [5, 5.41) is 11.2. The van der Waals surface area contributed by atoms with Crippen molar-refractivity contribution in [2.75, 3.05) is 5.75 Å². The van der Waals surface area contributed by atoms with Gasteiger partial charge in [0, 0.05) is 22.6 Å². The van der Waals surface area contributed by atoms with Crippen molar-refractivity contribution < 1.29 is 22.3 Å². The molecule has 0 bridgehead atoms. The van der Waals surface area contributed by atoms with E-state index in [1.54, 1.807) is 31.2 Å². The molecule has 3 aromatic rings. The fourth-order valence-electron chi connectivity index (χ4n) is 2.72. The number of rotatable bonds is 7. The second kappa shape index (κ2) is 7.63. The molecule has 0 spiro atoms. The van der Waals surface area contributed by atoms with E-state index in [1.807, 2.05) is 0 Å². The number of aromatic nitrogens is 3. The Morgan fingerprint density at radius 3 is 2.67 bits per heavy atom. The van der Waals surface area contributed by atoms with E-state index in [0.717, 1.165) is 0 Å². The molecule has 0 unspecified atom stereocenters. The van der Waals surface area contributed by atoms with Crippen molar-refractivity contribution in [3.63, 3.8) is 0 Å². The molecule has 27 heavy (non-hydrogen) atoms. The number of nitrogens with zero attached hydrogens (tertiary/aromatic N) is 2. The smallest absolute Gasteiger partial charge is 0.265 e. The maximum Gasteiger partial charge on any atom is 0.265 e. The first-order valence-corrected chi connectivity index (χ1v) is 9.95. The molecule has 10 heteroatoms. The fourth-order valence-corrected chi connectivity index (χ4v) is 3.28. The molecule has 2 N–H and O–H groups in total. The molecule has 2 heterocycles. The minimum Gasteiger partial charge on any atom is -0.360 e. The summed E-state index contributed by atoms with van der Waals surface area (Å²) >= 11 is 5.84. The number of hydrogen-bond acceptors (Lipinski definition) is 6. The molecule has 0 radical (unpaired) electrons. The number of carbonyl (C=O) groups excluding carboxylic acids is 1. The maximum atomic E-state index is 12.5. The minimum absolute atomic E-state index is 0.0508. The predicted octanol–water partition coefficient (Wildman–Crippen LogP) is 2.88. The quantitative estimate of drug-likeness (QED) is 0.453. The van der Waals surface area contributed by atoms with Gasteiger partial charge in [-0.25, -0.2) is 0 Å². The zero-order valence-electron chi connectivity index (χ0n) is 14.3. The Morgan fingerprint density at radius 2 is 2.00 bits per heavy atom. The van der Waals surface area contributed by atoms with Gasteiger partial charge in [-0.2, -0.15) is 13.5 Å². The lowest BCUT2D eigenvalue weighted by Gasteiger charge is -2.05. The molecule has 3 rings (SSSR count). The Bertz CT molecular complexity index is 1070. The van der Waals surface area contributed by atoms with Crippen molar-refractivity contribution in [3.8, 4) is 11.1 Å². The SMILES string of the molecule is Cc1noc(CCS(=O)(=O)O)c1-c1cn[nH]c1CC(=O)c1ccc(Cl)cc1. The summed E-state index contributed by atoms with van der Waals surface area (Å²) in [6.07, 6.45) is 1.53. The molecule has 0 saturated heterocycles. The highest BCUT2D eigenvalue weighted by Crippen LogP contribution is 2.30. The normalized spacial score (nSPS) is 11.7. The largest absolute Gasteiger partial charge is 0.360 e. The van der Waals surface area contributed by atoms with Crippen LogP contribution in [-0.2, 0) is 23.0 Å². The van der Waals surface area contributed by atoms with E-state index >= 15 is 0 Å². The molecule has 0 atom stereocenters. The summed E-state index contributed by atoms with van der Waals surface area (Å²) in [5.74, 6) is -0.330. The third-order valence-corrected chi connectivity index (χ3v) is 4.98. The van der Waals surface area contributed by atoms with Gasteiger partial charge in [0.05, 0.1) is 35.3 Å². The average molecular weight is 410 g/mol. The molecule has 0 amide bonds. The summed E-state index contributed by atoms with van der Waals surface area (Å²) in [4.78, 5) is 12.5. The van der Waals surface area contributed by atoms with E-state index in [1.165, 1.54) is 6.20 Å². The number of halogens is 1. The first-order chi connectivity index (χ1) is 12.7. The van der Waals surface area contributed by atoms with Crippen LogP contribution in [0.5, 0.6) is 0 Å². The van der Waals surface area contributed by atoms with Gasteiger partial charge < -0.3 is 4.52 Å². The number of hydrogen-bond donors (Lipinski definition) is 2. The summed E-state index contributed by atoms with van der Waals surface area (Å²) in [7, 11) is -4.14. The van der Waals surface area contributed by atoms with Crippen LogP contribution in [0.4, 0.5) is 0 Å². The second-order valence-electron chi connectivity index (χ2n) is 5.97. The summed E-state index contributed by atoms with van der Waals surface area (Å²) < 4.78 is 36.2. The molecule has 0 aliphatic heterocycles. The van der Waals surface area contributed by atoms with E-state index in [-0.39, 0.29) is 18.6 Å². The molecular formula is C17H16ClN3O5S. The minimum atomic E-state index is -4.14. The van der Waals surface area contributed by atoms with Crippen LogP contribution in [0, 0.1) is 6.92 Å². The highest BCUT2D eigenvalue weighted by atomic mass is 35.5. The van der Waals surface area contributed by atoms with Gasteiger partial charge in [0.1, 0.15) is 5.76 Å². The molecule has 0 aliphatic carbocycles. The lowest BCUT2D eigenvalue weighted by molar-refractivity contribution is 0.0992. The van der Waals surface area contributed by atoms with Gasteiger partial charge in [-0.05, 0) is 31.2 Å². The Morgan fingerprint density at radius 1 is 1.30 bits per heavy atom. The number of H-pyrrole nitrogens is 1. The van der Waals surface area contributed by atoms with Crippen molar-refractivity contribution >= 4 is 27.5 Å². The van der Waals surface area contributed by atoms with Crippen LogP contribution in [0.25, 0.3) is 11.1 Å². The van der Waals surface area contributed by atoms with E-state index in [2.05, 4.69) is 15.4 Å². The third-order valence-electron chi connectivity index (χ3n) is 4.01. The summed E-state index contributed by atoms with van der Waals surface area (Å²) in [6, 6.07) is 6.56. The zero-order valence-corrected chi connectivity index (χ0v) is 15.8. The highest BCUT2D eigenvalue weighted by molar-refractivity contribution is 7.85. The standard InChI is InChI=1S/C17H16ClN3O5S/c1-10-17(16(26-21-10)6-7-27(23,24)25)13-9-19-20-14(13)8-15(22)11-2-4-12(18)5-3-11/h2-5,9H,6-8H2,1H3,(H,19,20)(H,23,24,25). The van der Waals surface area contributed by atoms with Crippen LogP contribution in [0.1, 0.15) is 27.5 Å². The molecule has 8 nitrogen and oxygen atoms in total. The van der Waals surface area contributed by atoms with Crippen molar-refractivity contribution in [1.29, 1.82) is 0 Å². The number of aryl methyl sites for hydroxylation is 2. The summed E-state index contributed by atoms with van der Waals surface area (Å²) in [5.41, 5.74) is 2.75. The Labute approximate surface area is 160 Å². The number of benzene rings is 1. The first-order valence-electron chi connectivity index (χ1n) is 7.96. The van der Waals surface area contributed by atoms with Crippen LogP contribution in [0.15, 0.2) is 35.0 Å². The predicted molar refractivity (Wildman–Crippen MR) is 98.4 cm³/mol. The lowest BCUT2D eigenvalue weighted by Crippen LogP contribution is -2.07. The monoisotopic (exact) mass is 409 g/mol. The Kier molecular flexibility index (Phi) is 5.45. The number of nitrogens with one attached hydrogen (secondary N) is 1. The van der Waals surface area contributed by atoms with Gasteiger partial charge in [-0.1, -0.05) is 16.8 Å². The van der Waals surface area contributed by atoms with Crippen LogP contribution in [-0.4, -0.2) is 39.9 Å².